The van der Waals surface area contributed by atoms with Crippen LogP contribution in [0.4, 0.5) is 0 Å². The van der Waals surface area contributed by atoms with Crippen LogP contribution in [0.1, 0.15) is 43.5 Å². The highest BCUT2D eigenvalue weighted by molar-refractivity contribution is 6.06. The fourth-order valence-electron chi connectivity index (χ4n) is 3.42. The van der Waals surface area contributed by atoms with E-state index in [1.165, 1.54) is 12.5 Å². The number of aromatic amines is 1. The van der Waals surface area contributed by atoms with Gasteiger partial charge in [-0.15, -0.1) is 0 Å². The average Bonchev–Trinajstić information content (AvgIpc) is 2.51. The van der Waals surface area contributed by atoms with Crippen molar-refractivity contribution < 1.29 is 4.79 Å². The Hall–Kier alpha value is -2.10. The summed E-state index contributed by atoms with van der Waals surface area (Å²) in [6.45, 7) is 4.44. The molecule has 2 N–H and O–H groups in total. The number of H-pyrrole nitrogens is 1. The van der Waals surface area contributed by atoms with Crippen LogP contribution in [0, 0.1) is 11.8 Å². The Bertz CT molecular complexity index is 750. The molecule has 0 aliphatic heterocycles. The van der Waals surface area contributed by atoms with Gasteiger partial charge in [0, 0.05) is 23.0 Å². The number of benzene rings is 1. The summed E-state index contributed by atoms with van der Waals surface area (Å²) in [5.41, 5.74) is 0.920. The third kappa shape index (κ3) is 2.78. The number of hydrogen-bond donors (Lipinski definition) is 2. The zero-order chi connectivity index (χ0) is 15.7. The van der Waals surface area contributed by atoms with E-state index in [2.05, 4.69) is 24.1 Å². The van der Waals surface area contributed by atoms with Crippen molar-refractivity contribution in [3.8, 4) is 0 Å². The predicted molar refractivity (Wildman–Crippen MR) is 88.0 cm³/mol. The number of rotatable bonds is 2. The van der Waals surface area contributed by atoms with E-state index in [1.807, 2.05) is 24.3 Å². The zero-order valence-electron chi connectivity index (χ0n) is 13.1. The number of carbonyl (C=O) groups excluding carboxylic acids is 1. The van der Waals surface area contributed by atoms with Crippen LogP contribution in [-0.2, 0) is 0 Å². The van der Waals surface area contributed by atoms with E-state index in [0.29, 0.717) is 22.9 Å². The van der Waals surface area contributed by atoms with Crippen LogP contribution in [0.15, 0.2) is 35.1 Å². The minimum absolute atomic E-state index is 0.145. The number of hydrogen-bond acceptors (Lipinski definition) is 2. The standard InChI is InChI=1S/C18H22N2O2/c1-11-6-5-9-15(12(11)2)20-18(22)14-10-17(21)19-16-8-4-3-7-13(14)16/h3-4,7-8,10-12,15H,5-6,9H2,1-2H3,(H,19,21)(H,20,22)/t11-,12-,15+/m1/s1. The zero-order valence-corrected chi connectivity index (χ0v) is 13.1. The van der Waals surface area contributed by atoms with Crippen LogP contribution in [0.25, 0.3) is 10.9 Å². The molecule has 4 nitrogen and oxygen atoms in total. The normalized spacial score (nSPS) is 25.1. The van der Waals surface area contributed by atoms with Gasteiger partial charge in [0.1, 0.15) is 0 Å². The fraction of sp³-hybridized carbons (Fsp3) is 0.444. The van der Waals surface area contributed by atoms with Crippen molar-refractivity contribution in [3.63, 3.8) is 0 Å². The van der Waals surface area contributed by atoms with Crippen LogP contribution in [0.2, 0.25) is 0 Å². The molecule has 0 spiro atoms. The minimum Gasteiger partial charge on any atom is -0.349 e. The molecule has 3 rings (SSSR count). The van der Waals surface area contributed by atoms with E-state index >= 15 is 0 Å². The number of aromatic nitrogens is 1. The second-order valence-electron chi connectivity index (χ2n) is 6.44. The lowest BCUT2D eigenvalue weighted by Crippen LogP contribution is -2.43. The Labute approximate surface area is 129 Å². The number of fused-ring (bicyclic) bond motifs is 1. The van der Waals surface area contributed by atoms with Gasteiger partial charge in [0.2, 0.25) is 5.56 Å². The largest absolute Gasteiger partial charge is 0.349 e. The van der Waals surface area contributed by atoms with Crippen LogP contribution < -0.4 is 10.9 Å². The number of para-hydroxylation sites is 1. The Balaban J connectivity index is 1.91. The summed E-state index contributed by atoms with van der Waals surface area (Å²) < 4.78 is 0. The SMILES string of the molecule is C[C@@H]1[C@H](C)CCC[C@@H]1NC(=O)c1cc(=O)[nH]c2ccccc12. The van der Waals surface area contributed by atoms with Crippen molar-refractivity contribution >= 4 is 16.8 Å². The van der Waals surface area contributed by atoms with E-state index in [0.717, 1.165) is 18.2 Å². The van der Waals surface area contributed by atoms with Gasteiger partial charge in [0.05, 0.1) is 5.56 Å². The molecule has 2 aromatic rings. The number of nitrogens with one attached hydrogen (secondary N) is 2. The third-order valence-electron chi connectivity index (χ3n) is 5.02. The van der Waals surface area contributed by atoms with Gasteiger partial charge in [0.25, 0.3) is 5.91 Å². The van der Waals surface area contributed by atoms with Crippen molar-refractivity contribution in [2.24, 2.45) is 11.8 Å². The topological polar surface area (TPSA) is 62.0 Å². The molecule has 0 radical (unpaired) electrons. The highest BCUT2D eigenvalue weighted by Gasteiger charge is 2.28. The molecule has 1 aromatic carbocycles. The van der Waals surface area contributed by atoms with Gasteiger partial charge in [-0.05, 0) is 24.3 Å². The summed E-state index contributed by atoms with van der Waals surface area (Å²) >= 11 is 0. The molecule has 1 aliphatic rings. The maximum atomic E-state index is 12.7. The molecule has 1 aliphatic carbocycles. The summed E-state index contributed by atoms with van der Waals surface area (Å²) in [6.07, 6.45) is 3.38. The van der Waals surface area contributed by atoms with E-state index in [1.54, 1.807) is 0 Å². The predicted octanol–water partition coefficient (Wildman–Crippen LogP) is 3.08. The van der Waals surface area contributed by atoms with Crippen LogP contribution >= 0.6 is 0 Å². The molecular weight excluding hydrogens is 276 g/mol. The Morgan fingerprint density at radius 2 is 2.00 bits per heavy atom. The van der Waals surface area contributed by atoms with Gasteiger partial charge in [-0.25, -0.2) is 0 Å². The lowest BCUT2D eigenvalue weighted by atomic mass is 9.78. The van der Waals surface area contributed by atoms with Gasteiger partial charge in [0.15, 0.2) is 0 Å². The molecule has 116 valence electrons. The van der Waals surface area contributed by atoms with Gasteiger partial charge in [-0.1, -0.05) is 44.9 Å². The van der Waals surface area contributed by atoms with E-state index in [9.17, 15) is 9.59 Å². The maximum Gasteiger partial charge on any atom is 0.252 e. The first kappa shape index (κ1) is 14.8. The molecule has 1 heterocycles. The van der Waals surface area contributed by atoms with Crippen molar-refractivity contribution in [1.29, 1.82) is 0 Å². The molecule has 0 saturated heterocycles. The Morgan fingerprint density at radius 1 is 1.23 bits per heavy atom. The first-order valence-corrected chi connectivity index (χ1v) is 7.99. The second kappa shape index (κ2) is 5.95. The first-order chi connectivity index (χ1) is 10.6. The molecule has 1 fully saturated rings. The molecule has 0 bridgehead atoms. The van der Waals surface area contributed by atoms with Gasteiger partial charge in [-0.2, -0.15) is 0 Å². The molecule has 3 atom stereocenters. The molecule has 4 heteroatoms. The van der Waals surface area contributed by atoms with Crippen LogP contribution in [-0.4, -0.2) is 16.9 Å². The summed E-state index contributed by atoms with van der Waals surface area (Å²) in [4.78, 5) is 27.2. The quantitative estimate of drug-likeness (QED) is 0.895. The lowest BCUT2D eigenvalue weighted by molar-refractivity contribution is 0.0892. The van der Waals surface area contributed by atoms with E-state index in [4.69, 9.17) is 0 Å². The maximum absolute atomic E-state index is 12.7. The van der Waals surface area contributed by atoms with Crippen LogP contribution in [0.3, 0.4) is 0 Å². The van der Waals surface area contributed by atoms with Crippen molar-refractivity contribution in [2.45, 2.75) is 39.2 Å². The molecule has 1 aromatic heterocycles. The summed E-state index contributed by atoms with van der Waals surface area (Å²) in [5.74, 6) is 0.939. The highest BCUT2D eigenvalue weighted by atomic mass is 16.2. The smallest absolute Gasteiger partial charge is 0.252 e. The number of carbonyl (C=O) groups is 1. The van der Waals surface area contributed by atoms with Crippen molar-refractivity contribution in [3.05, 3.63) is 46.2 Å². The molecule has 1 amide bonds. The van der Waals surface area contributed by atoms with Gasteiger partial charge < -0.3 is 10.3 Å². The second-order valence-corrected chi connectivity index (χ2v) is 6.44. The van der Waals surface area contributed by atoms with Crippen molar-refractivity contribution in [2.75, 3.05) is 0 Å². The number of amides is 1. The highest BCUT2D eigenvalue weighted by Crippen LogP contribution is 2.29. The Morgan fingerprint density at radius 3 is 2.82 bits per heavy atom. The Kier molecular flexibility index (Phi) is 4.01. The summed E-state index contributed by atoms with van der Waals surface area (Å²) in [5, 5.41) is 3.93. The fourth-order valence-corrected chi connectivity index (χ4v) is 3.42. The lowest BCUT2D eigenvalue weighted by Gasteiger charge is -2.34. The third-order valence-corrected chi connectivity index (χ3v) is 5.02. The molecular formula is C18H22N2O2. The molecule has 1 saturated carbocycles. The number of pyridine rings is 1. The first-order valence-electron chi connectivity index (χ1n) is 7.99. The van der Waals surface area contributed by atoms with Gasteiger partial charge in [-0.3, -0.25) is 9.59 Å². The average molecular weight is 298 g/mol. The summed E-state index contributed by atoms with van der Waals surface area (Å²) in [7, 11) is 0. The molecule has 22 heavy (non-hydrogen) atoms. The summed E-state index contributed by atoms with van der Waals surface area (Å²) in [6, 6.07) is 9.00. The minimum atomic E-state index is -0.242. The van der Waals surface area contributed by atoms with Gasteiger partial charge >= 0.3 is 0 Å². The van der Waals surface area contributed by atoms with Crippen LogP contribution in [0.5, 0.6) is 0 Å². The molecule has 0 unspecified atom stereocenters. The van der Waals surface area contributed by atoms with E-state index < -0.39 is 0 Å². The van der Waals surface area contributed by atoms with Crippen molar-refractivity contribution in [1.82, 2.24) is 10.3 Å². The van der Waals surface area contributed by atoms with E-state index in [-0.39, 0.29) is 17.5 Å². The monoisotopic (exact) mass is 298 g/mol.